The summed E-state index contributed by atoms with van der Waals surface area (Å²) in [5.74, 6) is 0.160. The predicted octanol–water partition coefficient (Wildman–Crippen LogP) is -0.173. The lowest BCUT2D eigenvalue weighted by Crippen LogP contribution is -2.45. The molecule has 0 aromatic rings. The minimum Gasteiger partial charge on any atom is -0.396 e. The zero-order valence-electron chi connectivity index (χ0n) is 9.05. The number of likely N-dealkylation sites (tertiary alicyclic amines) is 1. The van der Waals surface area contributed by atoms with E-state index in [1.807, 2.05) is 4.90 Å². The SMILES string of the molecule is CNCC(=O)N1CCC(C)(CO)CC1. The molecule has 0 spiro atoms. The molecule has 4 nitrogen and oxygen atoms in total. The van der Waals surface area contributed by atoms with Crippen molar-refractivity contribution in [2.75, 3.05) is 33.3 Å². The van der Waals surface area contributed by atoms with E-state index in [1.165, 1.54) is 0 Å². The minimum atomic E-state index is 0.0242. The molecule has 0 aromatic carbocycles. The Bertz CT molecular complexity index is 198. The first-order valence-electron chi connectivity index (χ1n) is 5.14. The van der Waals surface area contributed by atoms with Gasteiger partial charge in [-0.05, 0) is 25.3 Å². The first kappa shape index (κ1) is 11.5. The van der Waals surface area contributed by atoms with Gasteiger partial charge in [-0.2, -0.15) is 0 Å². The predicted molar refractivity (Wildman–Crippen MR) is 54.9 cm³/mol. The summed E-state index contributed by atoms with van der Waals surface area (Å²) >= 11 is 0. The highest BCUT2D eigenvalue weighted by Crippen LogP contribution is 2.29. The van der Waals surface area contributed by atoms with Crippen LogP contribution in [-0.4, -0.2) is 49.2 Å². The van der Waals surface area contributed by atoms with E-state index in [-0.39, 0.29) is 17.9 Å². The number of nitrogens with one attached hydrogen (secondary N) is 1. The molecule has 0 aliphatic carbocycles. The fourth-order valence-electron chi connectivity index (χ4n) is 1.72. The third kappa shape index (κ3) is 2.69. The van der Waals surface area contributed by atoms with E-state index in [0.717, 1.165) is 25.9 Å². The van der Waals surface area contributed by atoms with Gasteiger partial charge in [0.05, 0.1) is 6.54 Å². The maximum atomic E-state index is 11.5. The topological polar surface area (TPSA) is 52.6 Å². The number of carbonyl (C=O) groups is 1. The molecule has 0 saturated carbocycles. The Morgan fingerprint density at radius 3 is 2.50 bits per heavy atom. The average Bonchev–Trinajstić information content (AvgIpc) is 2.19. The normalized spacial score (nSPS) is 20.9. The van der Waals surface area contributed by atoms with Crippen molar-refractivity contribution in [3.63, 3.8) is 0 Å². The lowest BCUT2D eigenvalue weighted by molar-refractivity contribution is -0.132. The summed E-state index contributed by atoms with van der Waals surface area (Å²) in [5.41, 5.74) is 0.0242. The highest BCUT2D eigenvalue weighted by atomic mass is 16.3. The van der Waals surface area contributed by atoms with Crippen LogP contribution in [0.5, 0.6) is 0 Å². The molecule has 14 heavy (non-hydrogen) atoms. The van der Waals surface area contributed by atoms with Gasteiger partial charge in [-0.3, -0.25) is 4.79 Å². The van der Waals surface area contributed by atoms with Gasteiger partial charge in [0, 0.05) is 19.7 Å². The van der Waals surface area contributed by atoms with Crippen LogP contribution in [0, 0.1) is 5.41 Å². The zero-order chi connectivity index (χ0) is 10.6. The van der Waals surface area contributed by atoms with E-state index in [4.69, 9.17) is 5.11 Å². The minimum absolute atomic E-state index is 0.0242. The van der Waals surface area contributed by atoms with Crippen molar-refractivity contribution in [1.29, 1.82) is 0 Å². The maximum Gasteiger partial charge on any atom is 0.236 e. The molecule has 4 heteroatoms. The van der Waals surface area contributed by atoms with Gasteiger partial charge < -0.3 is 15.3 Å². The second kappa shape index (κ2) is 4.75. The molecule has 0 radical (unpaired) electrons. The third-order valence-electron chi connectivity index (χ3n) is 3.03. The number of nitrogens with zero attached hydrogens (tertiary/aromatic N) is 1. The number of likely N-dealkylation sites (N-methyl/N-ethyl adjacent to an activating group) is 1. The molecule has 1 aliphatic heterocycles. The van der Waals surface area contributed by atoms with E-state index >= 15 is 0 Å². The molecule has 1 rings (SSSR count). The number of hydrogen-bond donors (Lipinski definition) is 2. The molecule has 0 bridgehead atoms. The lowest BCUT2D eigenvalue weighted by Gasteiger charge is -2.38. The monoisotopic (exact) mass is 200 g/mol. The molecule has 1 aliphatic rings. The van der Waals surface area contributed by atoms with Crippen LogP contribution >= 0.6 is 0 Å². The van der Waals surface area contributed by atoms with Gasteiger partial charge in [-0.1, -0.05) is 6.92 Å². The summed E-state index contributed by atoms with van der Waals surface area (Å²) in [4.78, 5) is 13.4. The molecular weight excluding hydrogens is 180 g/mol. The van der Waals surface area contributed by atoms with Gasteiger partial charge in [0.25, 0.3) is 0 Å². The Morgan fingerprint density at radius 1 is 1.50 bits per heavy atom. The van der Waals surface area contributed by atoms with E-state index in [1.54, 1.807) is 7.05 Å². The molecule has 0 atom stereocenters. The summed E-state index contributed by atoms with van der Waals surface area (Å²) in [5, 5.41) is 12.0. The number of aliphatic hydroxyl groups excluding tert-OH is 1. The standard InChI is InChI=1S/C10H20N2O2/c1-10(8-13)3-5-12(6-4-10)9(14)7-11-2/h11,13H,3-8H2,1-2H3. The summed E-state index contributed by atoms with van der Waals surface area (Å²) < 4.78 is 0. The largest absolute Gasteiger partial charge is 0.396 e. The summed E-state index contributed by atoms with van der Waals surface area (Å²) in [6, 6.07) is 0. The van der Waals surface area contributed by atoms with Crippen LogP contribution in [-0.2, 0) is 4.79 Å². The molecule has 82 valence electrons. The van der Waals surface area contributed by atoms with Crippen LogP contribution in [0.1, 0.15) is 19.8 Å². The number of carbonyl (C=O) groups excluding carboxylic acids is 1. The Balaban J connectivity index is 2.39. The molecule has 1 heterocycles. The fourth-order valence-corrected chi connectivity index (χ4v) is 1.72. The number of rotatable bonds is 3. The van der Waals surface area contributed by atoms with Crippen molar-refractivity contribution in [2.24, 2.45) is 5.41 Å². The fraction of sp³-hybridized carbons (Fsp3) is 0.900. The summed E-state index contributed by atoms with van der Waals surface area (Å²) in [7, 11) is 1.78. The van der Waals surface area contributed by atoms with E-state index in [0.29, 0.717) is 6.54 Å². The summed E-state index contributed by atoms with van der Waals surface area (Å²) in [6.07, 6.45) is 1.80. The molecule has 0 aromatic heterocycles. The highest BCUT2D eigenvalue weighted by molar-refractivity contribution is 5.78. The van der Waals surface area contributed by atoms with E-state index < -0.39 is 0 Å². The quantitative estimate of drug-likeness (QED) is 0.665. The maximum absolute atomic E-state index is 11.5. The van der Waals surface area contributed by atoms with Crippen LogP contribution in [0.15, 0.2) is 0 Å². The molecule has 1 fully saturated rings. The van der Waals surface area contributed by atoms with E-state index in [2.05, 4.69) is 12.2 Å². The number of amides is 1. The van der Waals surface area contributed by atoms with Crippen LogP contribution in [0.2, 0.25) is 0 Å². The first-order valence-corrected chi connectivity index (χ1v) is 5.14. The van der Waals surface area contributed by atoms with Gasteiger partial charge in [0.2, 0.25) is 5.91 Å². The van der Waals surface area contributed by atoms with Gasteiger partial charge in [-0.15, -0.1) is 0 Å². The van der Waals surface area contributed by atoms with Crippen molar-refractivity contribution in [3.05, 3.63) is 0 Å². The van der Waals surface area contributed by atoms with Crippen molar-refractivity contribution in [2.45, 2.75) is 19.8 Å². The number of piperidine rings is 1. The van der Waals surface area contributed by atoms with Crippen molar-refractivity contribution in [1.82, 2.24) is 10.2 Å². The van der Waals surface area contributed by atoms with Gasteiger partial charge in [0.1, 0.15) is 0 Å². The lowest BCUT2D eigenvalue weighted by atomic mass is 9.81. The van der Waals surface area contributed by atoms with Crippen LogP contribution in [0.25, 0.3) is 0 Å². The Hall–Kier alpha value is -0.610. The molecule has 1 saturated heterocycles. The van der Waals surface area contributed by atoms with Crippen molar-refractivity contribution < 1.29 is 9.90 Å². The second-order valence-electron chi connectivity index (χ2n) is 4.38. The highest BCUT2D eigenvalue weighted by Gasteiger charge is 2.30. The van der Waals surface area contributed by atoms with Gasteiger partial charge in [-0.25, -0.2) is 0 Å². The summed E-state index contributed by atoms with van der Waals surface area (Å²) in [6.45, 7) is 4.26. The molecule has 2 N–H and O–H groups in total. The molecular formula is C10H20N2O2. The zero-order valence-corrected chi connectivity index (χ0v) is 9.05. The molecule has 1 amide bonds. The van der Waals surface area contributed by atoms with Crippen molar-refractivity contribution >= 4 is 5.91 Å². The first-order chi connectivity index (χ1) is 6.61. The number of hydrogen-bond acceptors (Lipinski definition) is 3. The Morgan fingerprint density at radius 2 is 2.07 bits per heavy atom. The van der Waals surface area contributed by atoms with Crippen LogP contribution in [0.4, 0.5) is 0 Å². The van der Waals surface area contributed by atoms with Crippen molar-refractivity contribution in [3.8, 4) is 0 Å². The third-order valence-corrected chi connectivity index (χ3v) is 3.03. The number of aliphatic hydroxyl groups is 1. The Labute approximate surface area is 85.3 Å². The second-order valence-corrected chi connectivity index (χ2v) is 4.38. The van der Waals surface area contributed by atoms with Gasteiger partial charge in [0.15, 0.2) is 0 Å². The smallest absolute Gasteiger partial charge is 0.236 e. The van der Waals surface area contributed by atoms with E-state index in [9.17, 15) is 4.79 Å². The van der Waals surface area contributed by atoms with Gasteiger partial charge >= 0.3 is 0 Å². The molecule has 0 unspecified atom stereocenters. The van der Waals surface area contributed by atoms with Crippen LogP contribution in [0.3, 0.4) is 0 Å². The van der Waals surface area contributed by atoms with Crippen LogP contribution < -0.4 is 5.32 Å². The average molecular weight is 200 g/mol. The Kier molecular flexibility index (Phi) is 3.89.